The summed E-state index contributed by atoms with van der Waals surface area (Å²) >= 11 is 0. The Balaban J connectivity index is 0.000000145. The highest BCUT2D eigenvalue weighted by molar-refractivity contribution is 6.21. The number of para-hydroxylation sites is 1. The fourth-order valence-corrected chi connectivity index (χ4v) is 14.1. The van der Waals surface area contributed by atoms with Crippen molar-refractivity contribution >= 4 is 65.7 Å². The Kier molecular flexibility index (Phi) is 15.9. The third-order valence-corrected chi connectivity index (χ3v) is 19.3. The summed E-state index contributed by atoms with van der Waals surface area (Å²) in [5, 5.41) is 6.26. The van der Waals surface area contributed by atoms with Gasteiger partial charge in [0.2, 0.25) is 0 Å². The van der Waals surface area contributed by atoms with Gasteiger partial charge in [-0.25, -0.2) is 49.8 Å². The first-order valence-electron chi connectivity index (χ1n) is 35.0. The number of hydrogen-bond donors (Lipinski definition) is 0. The molecule has 0 aliphatic carbocycles. The predicted octanol–water partition coefficient (Wildman–Crippen LogP) is 23.4. The largest absolute Gasteiger partial charge is 0.455 e. The van der Waals surface area contributed by atoms with E-state index < -0.39 is 0 Å². The molecule has 0 unspecified atom stereocenters. The fourth-order valence-electron chi connectivity index (χ4n) is 14.1. The van der Waals surface area contributed by atoms with Crippen molar-refractivity contribution in [3.05, 3.63) is 353 Å². The summed E-state index contributed by atoms with van der Waals surface area (Å²) in [5.41, 5.74) is 22.8. The van der Waals surface area contributed by atoms with E-state index in [9.17, 15) is 0 Å². The van der Waals surface area contributed by atoms with E-state index in [-0.39, 0.29) is 0 Å². The summed E-state index contributed by atoms with van der Waals surface area (Å²) in [7, 11) is 0. The maximum absolute atomic E-state index is 6.51. The Hall–Kier alpha value is -14.6. The summed E-state index contributed by atoms with van der Waals surface area (Å²) in [6, 6.07) is 114. The van der Waals surface area contributed by atoms with Gasteiger partial charge in [0.25, 0.3) is 0 Å². The topological polar surface area (TPSA) is 155 Å². The summed E-state index contributed by atoms with van der Waals surface area (Å²) in [5.74, 6) is 3.70. The molecule has 106 heavy (non-hydrogen) atoms. The number of benzene rings is 14. The number of fused-ring (bicyclic) bond motifs is 10. The lowest BCUT2D eigenvalue weighted by molar-refractivity contribution is 0.667. The first-order valence-corrected chi connectivity index (χ1v) is 35.0. The molecule has 12 nitrogen and oxygen atoms in total. The van der Waals surface area contributed by atoms with Gasteiger partial charge in [0.05, 0.1) is 16.3 Å². The molecule has 496 valence electrons. The summed E-state index contributed by atoms with van der Waals surface area (Å²) in [6.45, 7) is 0. The van der Waals surface area contributed by atoms with Crippen molar-refractivity contribution in [2.24, 2.45) is 0 Å². The molecule has 0 aliphatic heterocycles. The molecule has 0 radical (unpaired) electrons. The first-order chi connectivity index (χ1) is 52.5. The van der Waals surface area contributed by atoms with Crippen LogP contribution in [0.3, 0.4) is 0 Å². The fraction of sp³-hybridized carbons (Fsp3) is 0. The summed E-state index contributed by atoms with van der Waals surface area (Å²) in [4.78, 5) is 48.3. The van der Waals surface area contributed by atoms with Crippen molar-refractivity contribution in [2.45, 2.75) is 0 Å². The van der Waals surface area contributed by atoms with Crippen LogP contribution in [0.15, 0.2) is 361 Å². The van der Waals surface area contributed by atoms with Gasteiger partial charge in [0.15, 0.2) is 40.5 Å². The second-order valence-corrected chi connectivity index (χ2v) is 25.9. The van der Waals surface area contributed by atoms with Gasteiger partial charge in [0.1, 0.15) is 40.6 Å². The zero-order valence-electron chi connectivity index (χ0n) is 56.8. The lowest BCUT2D eigenvalue weighted by Gasteiger charge is -2.11. The zero-order valence-corrected chi connectivity index (χ0v) is 56.8. The van der Waals surface area contributed by atoms with Gasteiger partial charge in [-0.15, -0.1) is 0 Å². The minimum absolute atomic E-state index is 0.603. The van der Waals surface area contributed by atoms with E-state index in [0.717, 1.165) is 160 Å². The standard InChI is InChI=1S/2C47H29N5O/c1-3-11-30(12-4-1)31-21-23-34(24-22-31)46-50-45(33-14-5-2-6-15-33)51-47(52-46)38-19-10-17-36(28-38)35-16-9-18-37(27-35)42-44-43(49-29-48-42)41-39-20-8-7-13-32(39)25-26-40(41)53-44;1-3-11-30(12-4-1)31-21-23-33(24-22-31)46-50-45(32-13-5-2-6-14-32)51-47(52-46)37-18-10-16-35(26-37)34-15-9-17-36(25-34)40-27-38-28-48-29-49-43(38)42-39-19-7-8-20-41(39)53-44(40)42/h2*1-29H. The third kappa shape index (κ3) is 12.0. The average molecular weight is 1360 g/mol. The number of hydrogen-bond acceptors (Lipinski definition) is 12. The molecule has 20 rings (SSSR count). The summed E-state index contributed by atoms with van der Waals surface area (Å²) < 4.78 is 13.0. The number of rotatable bonds is 12. The molecule has 6 heterocycles. The molecule has 20 aromatic rings. The Morgan fingerprint density at radius 1 is 0.217 bits per heavy atom. The van der Waals surface area contributed by atoms with Gasteiger partial charge in [-0.05, 0) is 103 Å². The van der Waals surface area contributed by atoms with Crippen LogP contribution in [0.4, 0.5) is 0 Å². The predicted molar refractivity (Wildman–Crippen MR) is 426 cm³/mol. The highest BCUT2D eigenvalue weighted by Crippen LogP contribution is 2.43. The van der Waals surface area contributed by atoms with Crippen molar-refractivity contribution in [3.8, 4) is 135 Å². The van der Waals surface area contributed by atoms with Crippen molar-refractivity contribution in [1.82, 2.24) is 49.8 Å². The zero-order chi connectivity index (χ0) is 70.3. The van der Waals surface area contributed by atoms with Crippen LogP contribution in [0.1, 0.15) is 0 Å². The lowest BCUT2D eigenvalue weighted by atomic mass is 9.95. The molecule has 0 saturated carbocycles. The van der Waals surface area contributed by atoms with Gasteiger partial charge < -0.3 is 8.83 Å². The molecule has 0 spiro atoms. The van der Waals surface area contributed by atoms with Crippen LogP contribution in [0.2, 0.25) is 0 Å². The van der Waals surface area contributed by atoms with Crippen LogP contribution in [0, 0.1) is 0 Å². The molecule has 0 N–H and O–H groups in total. The van der Waals surface area contributed by atoms with Gasteiger partial charge in [-0.2, -0.15) is 0 Å². The first kappa shape index (κ1) is 62.4. The van der Waals surface area contributed by atoms with E-state index >= 15 is 0 Å². The van der Waals surface area contributed by atoms with Gasteiger partial charge in [0, 0.05) is 61.5 Å². The van der Waals surface area contributed by atoms with Crippen molar-refractivity contribution in [1.29, 1.82) is 0 Å². The second-order valence-electron chi connectivity index (χ2n) is 25.9. The van der Waals surface area contributed by atoms with Crippen LogP contribution < -0.4 is 0 Å². The lowest BCUT2D eigenvalue weighted by Crippen LogP contribution is -2.00. The van der Waals surface area contributed by atoms with E-state index in [1.807, 2.05) is 128 Å². The molecule has 0 saturated heterocycles. The van der Waals surface area contributed by atoms with Crippen molar-refractivity contribution in [2.75, 3.05) is 0 Å². The van der Waals surface area contributed by atoms with E-state index in [0.29, 0.717) is 40.5 Å². The Morgan fingerprint density at radius 2 is 0.604 bits per heavy atom. The van der Waals surface area contributed by atoms with Crippen LogP contribution in [0.25, 0.3) is 201 Å². The smallest absolute Gasteiger partial charge is 0.180 e. The minimum atomic E-state index is 0.603. The van der Waals surface area contributed by atoms with Crippen LogP contribution in [-0.4, -0.2) is 49.8 Å². The van der Waals surface area contributed by atoms with Gasteiger partial charge in [-0.1, -0.05) is 291 Å². The average Bonchev–Trinajstić information content (AvgIpc) is 1.55. The quantitative estimate of drug-likeness (QED) is 0.114. The highest BCUT2D eigenvalue weighted by atomic mass is 16.3. The second kappa shape index (κ2) is 27.0. The molecule has 14 aromatic carbocycles. The normalized spacial score (nSPS) is 11.4. The molecular formula is C94H58N10O2. The molecule has 0 fully saturated rings. The molecule has 12 heteroatoms. The van der Waals surface area contributed by atoms with Gasteiger partial charge >= 0.3 is 0 Å². The highest BCUT2D eigenvalue weighted by Gasteiger charge is 2.22. The summed E-state index contributed by atoms with van der Waals surface area (Å²) in [6.07, 6.45) is 5.08. The Labute approximate surface area is 608 Å². The van der Waals surface area contributed by atoms with Crippen molar-refractivity contribution in [3.63, 3.8) is 0 Å². The SMILES string of the molecule is c1ccc(-c2ccc(-c3nc(-c4ccccc4)nc(-c4cccc(-c5cccc(-c6cc7cncnc7c7c6oc6ccccc67)c5)c4)n3)cc2)cc1.c1ccc(-c2ccc(-c3nc(-c4ccccc4)nc(-c4cccc(-c5cccc(-c6ncnc7c6oc6ccc8ccccc8c67)c5)c4)n3)cc2)cc1. The minimum Gasteiger partial charge on any atom is -0.455 e. The van der Waals surface area contributed by atoms with Crippen LogP contribution in [0.5, 0.6) is 0 Å². The van der Waals surface area contributed by atoms with Crippen molar-refractivity contribution < 1.29 is 8.83 Å². The Morgan fingerprint density at radius 3 is 1.15 bits per heavy atom. The van der Waals surface area contributed by atoms with E-state index in [2.05, 4.69) is 227 Å². The molecule has 0 bridgehead atoms. The maximum Gasteiger partial charge on any atom is 0.180 e. The molecule has 0 amide bonds. The number of aromatic nitrogens is 10. The molecule has 6 aromatic heterocycles. The number of furan rings is 2. The Bertz CT molecular complexity index is 6690. The van der Waals surface area contributed by atoms with Gasteiger partial charge in [-0.3, -0.25) is 0 Å². The molecular weight excluding hydrogens is 1300 g/mol. The van der Waals surface area contributed by atoms with E-state index in [1.165, 1.54) is 0 Å². The molecule has 0 aliphatic rings. The van der Waals surface area contributed by atoms with Crippen LogP contribution >= 0.6 is 0 Å². The van der Waals surface area contributed by atoms with E-state index in [4.69, 9.17) is 43.7 Å². The number of nitrogens with zero attached hydrogens (tertiary/aromatic N) is 10. The third-order valence-electron chi connectivity index (χ3n) is 19.3. The monoisotopic (exact) mass is 1360 g/mol. The van der Waals surface area contributed by atoms with E-state index in [1.54, 1.807) is 12.7 Å². The maximum atomic E-state index is 6.51. The molecule has 0 atom stereocenters. The van der Waals surface area contributed by atoms with Crippen LogP contribution in [-0.2, 0) is 0 Å².